The van der Waals surface area contributed by atoms with Crippen LogP contribution in [0, 0.1) is 11.8 Å². The molecule has 0 unspecified atom stereocenters. The second-order valence-corrected chi connectivity index (χ2v) is 18.1. The van der Waals surface area contributed by atoms with E-state index in [4.69, 9.17) is 14.2 Å². The van der Waals surface area contributed by atoms with Crippen LogP contribution in [0.3, 0.4) is 0 Å². The molecule has 0 heterocycles. The number of hydrogen-bond donors (Lipinski definition) is 0. The van der Waals surface area contributed by atoms with Crippen LogP contribution in [-0.4, -0.2) is 37.2 Å². The highest BCUT2D eigenvalue weighted by Gasteiger charge is 2.19. The van der Waals surface area contributed by atoms with Crippen molar-refractivity contribution in [3.63, 3.8) is 0 Å². The molecule has 0 saturated heterocycles. The molecular weight excluding hydrogens is 697 g/mol. The Labute approximate surface area is 348 Å². The van der Waals surface area contributed by atoms with Crippen molar-refractivity contribution in [2.45, 2.75) is 278 Å². The molecule has 0 spiro atoms. The minimum atomic E-state index is -0.761. The molecule has 0 aromatic rings. The zero-order valence-electron chi connectivity index (χ0n) is 38.3. The molecule has 0 saturated carbocycles. The van der Waals surface area contributed by atoms with E-state index in [-0.39, 0.29) is 31.1 Å². The van der Waals surface area contributed by atoms with Gasteiger partial charge in [0.15, 0.2) is 6.10 Å². The number of carbonyl (C=O) groups excluding carboxylic acids is 3. The van der Waals surface area contributed by atoms with Gasteiger partial charge in [-0.25, -0.2) is 0 Å². The minimum Gasteiger partial charge on any atom is -0.462 e. The molecule has 0 N–H and O–H groups in total. The largest absolute Gasteiger partial charge is 0.462 e. The number of ether oxygens (including phenoxy) is 3. The van der Waals surface area contributed by atoms with E-state index in [0.29, 0.717) is 19.3 Å². The Bertz CT molecular complexity index is 854. The third-order valence-electron chi connectivity index (χ3n) is 11.2. The van der Waals surface area contributed by atoms with Gasteiger partial charge in [0.2, 0.25) is 0 Å². The number of esters is 3. The van der Waals surface area contributed by atoms with Gasteiger partial charge in [-0.05, 0) is 31.1 Å². The molecule has 0 rings (SSSR count). The zero-order valence-corrected chi connectivity index (χ0v) is 38.3. The molecule has 6 nitrogen and oxygen atoms in total. The van der Waals surface area contributed by atoms with Gasteiger partial charge in [-0.15, -0.1) is 0 Å². The average molecular weight is 793 g/mol. The molecule has 6 heteroatoms. The van der Waals surface area contributed by atoms with Crippen molar-refractivity contribution in [3.8, 4) is 0 Å². The summed E-state index contributed by atoms with van der Waals surface area (Å²) in [6, 6.07) is 0. The maximum absolute atomic E-state index is 12.7. The highest BCUT2D eigenvalue weighted by atomic mass is 16.6. The predicted octanol–water partition coefficient (Wildman–Crippen LogP) is 15.8. The van der Waals surface area contributed by atoms with Gasteiger partial charge in [-0.2, -0.15) is 0 Å². The lowest BCUT2D eigenvalue weighted by Gasteiger charge is -2.18. The fourth-order valence-corrected chi connectivity index (χ4v) is 7.46. The summed E-state index contributed by atoms with van der Waals surface area (Å²) in [5.74, 6) is 0.756. The first kappa shape index (κ1) is 54.4. The maximum atomic E-state index is 12.7. The third-order valence-corrected chi connectivity index (χ3v) is 11.2. The van der Waals surface area contributed by atoms with E-state index in [9.17, 15) is 14.4 Å². The van der Waals surface area contributed by atoms with Crippen molar-refractivity contribution < 1.29 is 28.6 Å². The molecule has 0 aromatic heterocycles. The van der Waals surface area contributed by atoms with Crippen LogP contribution in [0.15, 0.2) is 0 Å². The van der Waals surface area contributed by atoms with Gasteiger partial charge in [0.25, 0.3) is 0 Å². The van der Waals surface area contributed by atoms with Crippen LogP contribution in [-0.2, 0) is 28.6 Å². The second-order valence-electron chi connectivity index (χ2n) is 18.1. The van der Waals surface area contributed by atoms with Gasteiger partial charge in [-0.3, -0.25) is 14.4 Å². The lowest BCUT2D eigenvalue weighted by Crippen LogP contribution is -2.30. The van der Waals surface area contributed by atoms with E-state index in [1.165, 1.54) is 161 Å². The Balaban J connectivity index is 4.23. The smallest absolute Gasteiger partial charge is 0.306 e. The lowest BCUT2D eigenvalue weighted by atomic mass is 10.0. The monoisotopic (exact) mass is 793 g/mol. The summed E-state index contributed by atoms with van der Waals surface area (Å²) in [5, 5.41) is 0. The van der Waals surface area contributed by atoms with Gasteiger partial charge in [0, 0.05) is 19.3 Å². The summed E-state index contributed by atoms with van der Waals surface area (Å²) in [5.41, 5.74) is 0. The van der Waals surface area contributed by atoms with Crippen LogP contribution >= 0.6 is 0 Å². The van der Waals surface area contributed by atoms with E-state index in [1.54, 1.807) is 0 Å². The molecule has 0 aliphatic carbocycles. The summed E-state index contributed by atoms with van der Waals surface area (Å²) in [7, 11) is 0. The molecule has 0 aromatic carbocycles. The van der Waals surface area contributed by atoms with Gasteiger partial charge in [-0.1, -0.05) is 234 Å². The van der Waals surface area contributed by atoms with Crippen molar-refractivity contribution in [1.82, 2.24) is 0 Å². The number of carbonyl (C=O) groups is 3. The predicted molar refractivity (Wildman–Crippen MR) is 238 cm³/mol. The van der Waals surface area contributed by atoms with Crippen LogP contribution in [0.1, 0.15) is 272 Å². The summed E-state index contributed by atoms with van der Waals surface area (Å²) < 4.78 is 16.7. The van der Waals surface area contributed by atoms with Crippen LogP contribution in [0.4, 0.5) is 0 Å². The fraction of sp³-hybridized carbons (Fsp3) is 0.940. The van der Waals surface area contributed by atoms with Crippen molar-refractivity contribution in [3.05, 3.63) is 0 Å². The first-order chi connectivity index (χ1) is 27.2. The highest BCUT2D eigenvalue weighted by Crippen LogP contribution is 2.17. The summed E-state index contributed by atoms with van der Waals surface area (Å²) >= 11 is 0. The van der Waals surface area contributed by atoms with Crippen molar-refractivity contribution in [2.24, 2.45) is 11.8 Å². The number of rotatable bonds is 44. The Morgan fingerprint density at radius 2 is 0.589 bits per heavy atom. The van der Waals surface area contributed by atoms with Crippen LogP contribution in [0.25, 0.3) is 0 Å². The van der Waals surface area contributed by atoms with Crippen molar-refractivity contribution in [2.75, 3.05) is 13.2 Å². The first-order valence-corrected chi connectivity index (χ1v) is 24.7. The van der Waals surface area contributed by atoms with Crippen LogP contribution in [0.2, 0.25) is 0 Å². The molecular formula is C50H96O6. The van der Waals surface area contributed by atoms with E-state index in [0.717, 1.165) is 69.6 Å². The molecule has 0 aliphatic heterocycles. The van der Waals surface area contributed by atoms with Crippen molar-refractivity contribution in [1.29, 1.82) is 0 Å². The zero-order chi connectivity index (χ0) is 41.2. The molecule has 56 heavy (non-hydrogen) atoms. The number of unbranched alkanes of at least 4 members (excludes halogenated alkanes) is 29. The van der Waals surface area contributed by atoms with Gasteiger partial charge in [0.1, 0.15) is 13.2 Å². The first-order valence-electron chi connectivity index (χ1n) is 24.7. The summed E-state index contributed by atoms with van der Waals surface area (Å²) in [4.78, 5) is 37.8. The van der Waals surface area contributed by atoms with E-state index in [1.807, 2.05) is 0 Å². The Morgan fingerprint density at radius 1 is 0.339 bits per heavy atom. The van der Waals surface area contributed by atoms with E-state index in [2.05, 4.69) is 34.6 Å². The Morgan fingerprint density at radius 3 is 0.875 bits per heavy atom. The molecule has 0 fully saturated rings. The van der Waals surface area contributed by atoms with Gasteiger partial charge >= 0.3 is 17.9 Å². The average Bonchev–Trinajstić information content (AvgIpc) is 3.16. The maximum Gasteiger partial charge on any atom is 0.306 e. The quantitative estimate of drug-likeness (QED) is 0.0347. The Kier molecular flexibility index (Phi) is 41.8. The topological polar surface area (TPSA) is 78.9 Å². The van der Waals surface area contributed by atoms with Gasteiger partial charge < -0.3 is 14.2 Å². The SMILES string of the molecule is CCCCCCCCCCCCCC(=O)O[C@H](COC(=O)CCCCCCCCCCCCCCCCCC(C)C)COC(=O)CCCCCCCCC(C)C. The molecule has 0 bridgehead atoms. The Hall–Kier alpha value is -1.59. The molecule has 1 atom stereocenters. The van der Waals surface area contributed by atoms with Crippen molar-refractivity contribution >= 4 is 17.9 Å². The summed E-state index contributed by atoms with van der Waals surface area (Å²) in [6.07, 6.45) is 42.5. The van der Waals surface area contributed by atoms with Crippen LogP contribution < -0.4 is 0 Å². The highest BCUT2D eigenvalue weighted by molar-refractivity contribution is 5.71. The molecule has 0 radical (unpaired) electrons. The fourth-order valence-electron chi connectivity index (χ4n) is 7.46. The van der Waals surface area contributed by atoms with E-state index < -0.39 is 6.10 Å². The number of hydrogen-bond acceptors (Lipinski definition) is 6. The lowest BCUT2D eigenvalue weighted by molar-refractivity contribution is -0.167. The normalized spacial score (nSPS) is 12.1. The minimum absolute atomic E-state index is 0.0647. The van der Waals surface area contributed by atoms with Gasteiger partial charge in [0.05, 0.1) is 0 Å². The standard InChI is InChI=1S/C50H96O6/c1-6-7-8-9-10-11-17-22-25-32-37-42-50(53)56-47(44-55-49(52)41-36-31-27-26-29-34-39-46(4)5)43-54-48(51)40-35-30-24-21-19-16-14-12-13-15-18-20-23-28-33-38-45(2)3/h45-47H,6-44H2,1-5H3/t47-/m1/s1. The molecule has 0 amide bonds. The second kappa shape index (κ2) is 43.0. The summed E-state index contributed by atoms with van der Waals surface area (Å²) in [6.45, 7) is 11.3. The van der Waals surface area contributed by atoms with Crippen LogP contribution in [0.5, 0.6) is 0 Å². The van der Waals surface area contributed by atoms with E-state index >= 15 is 0 Å². The molecule has 0 aliphatic rings. The molecule has 332 valence electrons. The third kappa shape index (κ3) is 43.5.